The van der Waals surface area contributed by atoms with E-state index in [4.69, 9.17) is 9.47 Å². The second-order valence-electron chi connectivity index (χ2n) is 8.67. The van der Waals surface area contributed by atoms with Gasteiger partial charge in [0, 0.05) is 37.3 Å². The number of methoxy groups -OCH3 is 1. The maximum absolute atomic E-state index is 13.1. The van der Waals surface area contributed by atoms with Crippen molar-refractivity contribution in [3.8, 4) is 0 Å². The Kier molecular flexibility index (Phi) is 12.7. The minimum Gasteiger partial charge on any atom is -0.383 e. The average Bonchev–Trinajstić information content (AvgIpc) is 2.78. The van der Waals surface area contributed by atoms with E-state index in [1.807, 2.05) is 6.92 Å². The fraction of sp³-hybridized carbons (Fsp3) is 0.750. The maximum Gasteiger partial charge on any atom is 0.243 e. The lowest BCUT2D eigenvalue weighted by molar-refractivity contribution is 0.0144. The van der Waals surface area contributed by atoms with Crippen molar-refractivity contribution in [2.24, 2.45) is 0 Å². The van der Waals surface area contributed by atoms with Crippen LogP contribution in [-0.4, -0.2) is 76.8 Å². The van der Waals surface area contributed by atoms with Crippen molar-refractivity contribution >= 4 is 26.0 Å². The largest absolute Gasteiger partial charge is 0.383 e. The molecule has 0 amide bonds. The van der Waals surface area contributed by atoms with E-state index in [-0.39, 0.29) is 12.1 Å². The lowest BCUT2D eigenvalue weighted by Crippen LogP contribution is -2.43. The average molecular weight is 534 g/mol. The fourth-order valence-corrected chi connectivity index (χ4v) is 6.27. The Morgan fingerprint density at radius 2 is 1.62 bits per heavy atom. The molecule has 1 fully saturated rings. The van der Waals surface area contributed by atoms with Crippen molar-refractivity contribution in [1.82, 2.24) is 9.21 Å². The smallest absolute Gasteiger partial charge is 0.243 e. The van der Waals surface area contributed by atoms with Crippen molar-refractivity contribution in [2.75, 3.05) is 47.0 Å². The molecule has 6 nitrogen and oxygen atoms in total. The monoisotopic (exact) mass is 532 g/mol. The number of sulfonamides is 1. The molecule has 184 valence electrons. The highest BCUT2D eigenvalue weighted by Crippen LogP contribution is 2.29. The second kappa shape index (κ2) is 14.7. The number of likely N-dealkylation sites (N-methyl/N-ethyl adjacent to an activating group) is 1. The van der Waals surface area contributed by atoms with Crippen molar-refractivity contribution in [2.45, 2.75) is 75.3 Å². The predicted molar refractivity (Wildman–Crippen MR) is 134 cm³/mol. The second-order valence-corrected chi connectivity index (χ2v) is 11.5. The number of benzene rings is 1. The van der Waals surface area contributed by atoms with Crippen LogP contribution in [0.2, 0.25) is 0 Å². The molecule has 8 heteroatoms. The zero-order valence-electron chi connectivity index (χ0n) is 20.0. The summed E-state index contributed by atoms with van der Waals surface area (Å²) in [7, 11) is 0.418. The van der Waals surface area contributed by atoms with Crippen LogP contribution in [0, 0.1) is 0 Å². The van der Waals surface area contributed by atoms with Gasteiger partial charge in [-0.15, -0.1) is 0 Å². The summed E-state index contributed by atoms with van der Waals surface area (Å²) in [6.45, 7) is 6.12. The highest BCUT2D eigenvalue weighted by molar-refractivity contribution is 9.10. The van der Waals surface area contributed by atoms with Gasteiger partial charge in [0.05, 0.1) is 17.6 Å². The van der Waals surface area contributed by atoms with E-state index >= 15 is 0 Å². The Balaban J connectivity index is 1.65. The first-order valence-electron chi connectivity index (χ1n) is 11.9. The number of halogens is 1. The number of hydrogen-bond donors (Lipinski definition) is 0. The summed E-state index contributed by atoms with van der Waals surface area (Å²) in [5.41, 5.74) is 0. The standard InChI is InChI=1S/C24H41BrN2O4S/c1-4-27(32(28,29)24-15-9-21(25)10-16-24)22-11-13-23(14-12-22)31-19-8-6-5-7-17-26(2)18-20-30-3/h9-10,15-16,22-23H,4-8,11-14,17-20H2,1-3H3. The topological polar surface area (TPSA) is 59.1 Å². The lowest BCUT2D eigenvalue weighted by Gasteiger charge is -2.35. The van der Waals surface area contributed by atoms with Gasteiger partial charge in [0.1, 0.15) is 0 Å². The van der Waals surface area contributed by atoms with E-state index in [1.165, 1.54) is 19.3 Å². The minimum absolute atomic E-state index is 0.0589. The van der Waals surface area contributed by atoms with Gasteiger partial charge in [-0.1, -0.05) is 35.7 Å². The normalized spacial score (nSPS) is 19.7. The van der Waals surface area contributed by atoms with Gasteiger partial charge in [0.15, 0.2) is 0 Å². The van der Waals surface area contributed by atoms with Crippen LogP contribution in [0.25, 0.3) is 0 Å². The highest BCUT2D eigenvalue weighted by Gasteiger charge is 2.33. The third-order valence-corrected chi connectivity index (χ3v) is 8.82. The Labute approximate surface area is 203 Å². The fourth-order valence-electron chi connectivity index (χ4n) is 4.31. The maximum atomic E-state index is 13.1. The number of unbranched alkanes of at least 4 members (excludes halogenated alkanes) is 3. The molecule has 0 N–H and O–H groups in total. The number of hydrogen-bond acceptors (Lipinski definition) is 5. The van der Waals surface area contributed by atoms with Crippen molar-refractivity contribution in [3.63, 3.8) is 0 Å². The molecule has 1 aliphatic carbocycles. The number of ether oxygens (including phenoxy) is 2. The molecule has 0 heterocycles. The molecule has 1 aliphatic rings. The quantitative estimate of drug-likeness (QED) is 0.300. The Bertz CT molecular complexity index is 737. The minimum atomic E-state index is -3.47. The van der Waals surface area contributed by atoms with Crippen LogP contribution < -0.4 is 0 Å². The SMILES string of the molecule is CCN(C1CCC(OCCCCCCN(C)CCOC)CC1)S(=O)(=O)c1ccc(Br)cc1. The molecule has 32 heavy (non-hydrogen) atoms. The van der Waals surface area contributed by atoms with Crippen LogP contribution in [0.3, 0.4) is 0 Å². The van der Waals surface area contributed by atoms with Gasteiger partial charge < -0.3 is 14.4 Å². The molecule has 1 saturated carbocycles. The zero-order valence-corrected chi connectivity index (χ0v) is 22.4. The van der Waals surface area contributed by atoms with Crippen LogP contribution in [-0.2, 0) is 19.5 Å². The van der Waals surface area contributed by atoms with E-state index in [0.717, 1.165) is 62.9 Å². The summed E-state index contributed by atoms with van der Waals surface area (Å²) in [4.78, 5) is 2.68. The van der Waals surface area contributed by atoms with Gasteiger partial charge >= 0.3 is 0 Å². The molecule has 1 aromatic rings. The lowest BCUT2D eigenvalue weighted by atomic mass is 9.93. The third kappa shape index (κ3) is 9.03. The molecule has 0 unspecified atom stereocenters. The summed E-state index contributed by atoms with van der Waals surface area (Å²) < 4.78 is 40.0. The van der Waals surface area contributed by atoms with Crippen LogP contribution >= 0.6 is 15.9 Å². The van der Waals surface area contributed by atoms with Crippen molar-refractivity contribution in [3.05, 3.63) is 28.7 Å². The number of rotatable bonds is 15. The summed E-state index contributed by atoms with van der Waals surface area (Å²) in [5.74, 6) is 0. The first-order chi connectivity index (χ1) is 15.4. The van der Waals surface area contributed by atoms with E-state index in [0.29, 0.717) is 11.4 Å². The molecular formula is C24H41BrN2O4S. The van der Waals surface area contributed by atoms with E-state index in [2.05, 4.69) is 27.9 Å². The molecular weight excluding hydrogens is 492 g/mol. The van der Waals surface area contributed by atoms with Gasteiger partial charge in [-0.2, -0.15) is 4.31 Å². The van der Waals surface area contributed by atoms with Crippen molar-refractivity contribution < 1.29 is 17.9 Å². The third-order valence-electron chi connectivity index (χ3n) is 6.25. The Morgan fingerprint density at radius 3 is 2.25 bits per heavy atom. The first-order valence-corrected chi connectivity index (χ1v) is 14.2. The van der Waals surface area contributed by atoms with Crippen LogP contribution in [0.4, 0.5) is 0 Å². The summed E-state index contributed by atoms with van der Waals surface area (Å²) in [6.07, 6.45) is 8.59. The number of nitrogens with zero attached hydrogens (tertiary/aromatic N) is 2. The summed E-state index contributed by atoms with van der Waals surface area (Å²) in [5, 5.41) is 0. The molecule has 0 atom stereocenters. The van der Waals surface area contributed by atoms with Gasteiger partial charge in [-0.05, 0) is 76.4 Å². The van der Waals surface area contributed by atoms with Gasteiger partial charge in [-0.3, -0.25) is 0 Å². The molecule has 0 radical (unpaired) electrons. The Morgan fingerprint density at radius 1 is 0.969 bits per heavy atom. The van der Waals surface area contributed by atoms with Crippen LogP contribution in [0.5, 0.6) is 0 Å². The Hall–Kier alpha value is -0.510. The highest BCUT2D eigenvalue weighted by atomic mass is 79.9. The molecule has 0 aromatic heterocycles. The predicted octanol–water partition coefficient (Wildman–Crippen LogP) is 4.93. The van der Waals surface area contributed by atoms with Crippen LogP contribution in [0.1, 0.15) is 58.3 Å². The van der Waals surface area contributed by atoms with E-state index < -0.39 is 10.0 Å². The van der Waals surface area contributed by atoms with E-state index in [9.17, 15) is 8.42 Å². The molecule has 0 aliphatic heterocycles. The first kappa shape index (κ1) is 27.7. The zero-order chi connectivity index (χ0) is 23.4. The van der Waals surface area contributed by atoms with E-state index in [1.54, 1.807) is 35.7 Å². The summed E-state index contributed by atoms with van der Waals surface area (Å²) in [6, 6.07) is 6.97. The molecule has 1 aromatic carbocycles. The van der Waals surface area contributed by atoms with Crippen LogP contribution in [0.15, 0.2) is 33.6 Å². The van der Waals surface area contributed by atoms with Gasteiger partial charge in [0.25, 0.3) is 0 Å². The van der Waals surface area contributed by atoms with Gasteiger partial charge in [0.2, 0.25) is 10.0 Å². The molecule has 0 spiro atoms. The van der Waals surface area contributed by atoms with Gasteiger partial charge in [-0.25, -0.2) is 8.42 Å². The molecule has 0 bridgehead atoms. The van der Waals surface area contributed by atoms with Crippen molar-refractivity contribution in [1.29, 1.82) is 0 Å². The molecule has 2 rings (SSSR count). The summed E-state index contributed by atoms with van der Waals surface area (Å²) >= 11 is 3.37. The molecule has 0 saturated heterocycles.